The Kier molecular flexibility index (Phi) is 29.6. The summed E-state index contributed by atoms with van der Waals surface area (Å²) in [5.41, 5.74) is 31.3. The molecule has 0 unspecified atom stereocenters. The van der Waals surface area contributed by atoms with Crippen molar-refractivity contribution >= 4 is 65.8 Å². The van der Waals surface area contributed by atoms with Crippen molar-refractivity contribution in [2.24, 2.45) is 0 Å². The van der Waals surface area contributed by atoms with Crippen molar-refractivity contribution in [1.29, 1.82) is 0 Å². The molecule has 4 radical (unpaired) electrons. The first kappa shape index (κ1) is 84.0. The molecule has 0 N–H and O–H groups in total. The van der Waals surface area contributed by atoms with E-state index in [0.29, 0.717) is 17.2 Å². The average Bonchev–Trinajstić information content (AvgIpc) is 1.76. The quantitative estimate of drug-likeness (QED) is 0.127. The van der Waals surface area contributed by atoms with Crippen molar-refractivity contribution in [2.75, 3.05) is 0 Å². The van der Waals surface area contributed by atoms with Gasteiger partial charge in [-0.2, -0.15) is 0 Å². The van der Waals surface area contributed by atoms with Crippen LogP contribution in [0, 0.1) is 110 Å². The van der Waals surface area contributed by atoms with Crippen LogP contribution in [0.1, 0.15) is 107 Å². The van der Waals surface area contributed by atoms with Gasteiger partial charge in [0.1, 0.15) is 16.7 Å². The SMILES string of the molecule is CC(C)c1ccnc(-c2[c-]cc3c(c2)oc2ccccc23)c1.Cc1ccnc(-c2[c-]cc3c(c2)oc2ccccc23)c1.Cc1cnc(-c2[c-]cc3c(c2)Cc2ccccc2-3)cc1C.[2H]C([2H])([2H])c1ccc(-c2[c-]cccc2)nc1.[2H]C([2H])([2H])c1ccc(-c2[c-]cccc2)nc1.[2H]C([2H])([2H])c1ccc(-c2[c-]cccc2)nc1.[2H]C([2H])([2H])c1ccc(-c2[c-]cccc2)nc1.[2H]C([2H])([2H])c1cnc(-c2[c-]cc3c(c2)oc2ccccc23)cc1C.[Ir].[Ir].[Ir].[Ir]. The van der Waals surface area contributed by atoms with E-state index < -0.39 is 34.3 Å². The van der Waals surface area contributed by atoms with Gasteiger partial charge < -0.3 is 53.1 Å². The molecule has 12 aromatic carbocycles. The van der Waals surface area contributed by atoms with E-state index >= 15 is 0 Å². The number of nitrogens with zero attached hydrogens (tertiary/aromatic N) is 8. The Hall–Kier alpha value is -14.2. The number of rotatable bonds is 9. The number of hydrogen-bond acceptors (Lipinski definition) is 11. The maximum atomic E-state index is 7.53. The van der Waals surface area contributed by atoms with Gasteiger partial charge in [0.15, 0.2) is 0 Å². The van der Waals surface area contributed by atoms with Gasteiger partial charge in [-0.15, -0.1) is 226 Å². The van der Waals surface area contributed by atoms with Crippen LogP contribution in [0.5, 0.6) is 0 Å². The maximum Gasteiger partial charge on any atom is 0.123 e. The topological polar surface area (TPSA) is 143 Å². The minimum atomic E-state index is -2.15. The molecule has 0 amide bonds. The molecule has 11 aromatic heterocycles. The van der Waals surface area contributed by atoms with Crippen LogP contribution in [0.4, 0.5) is 0 Å². The molecule has 0 aliphatic heterocycles. The summed E-state index contributed by atoms with van der Waals surface area (Å²) in [7, 11) is 0. The Balaban J connectivity index is 0.000000147. The van der Waals surface area contributed by atoms with Crippen LogP contribution in [-0.2, 0) is 86.8 Å². The number of benzene rings is 12. The van der Waals surface area contributed by atoms with Crippen molar-refractivity contribution in [1.82, 2.24) is 39.9 Å². The third-order valence-corrected chi connectivity index (χ3v) is 22.6. The molecule has 0 spiro atoms. The van der Waals surface area contributed by atoms with Crippen molar-refractivity contribution in [2.45, 2.75) is 88.1 Å². The Morgan fingerprint density at radius 3 is 0.964 bits per heavy atom. The van der Waals surface area contributed by atoms with Crippen LogP contribution < -0.4 is 0 Å². The predicted octanol–water partition coefficient (Wildman–Crippen LogP) is 31.5. The van der Waals surface area contributed by atoms with Gasteiger partial charge in [0.25, 0.3) is 0 Å². The molecule has 1 aliphatic carbocycles. The molecular weight excluding hydrogens is 2430 g/mol. The zero-order chi connectivity index (χ0) is 106. The largest absolute Gasteiger partial charge is 0.476 e. The van der Waals surface area contributed by atoms with Crippen LogP contribution >= 0.6 is 0 Å². The Morgan fingerprint density at radius 2 is 0.600 bits per heavy atom. The maximum absolute atomic E-state index is 7.53. The van der Waals surface area contributed by atoms with E-state index in [1.807, 2.05) is 195 Å². The fourth-order valence-corrected chi connectivity index (χ4v) is 15.2. The second kappa shape index (κ2) is 49.4. The molecule has 24 rings (SSSR count). The van der Waals surface area contributed by atoms with E-state index in [1.54, 1.807) is 85.8 Å². The summed E-state index contributed by atoms with van der Waals surface area (Å²) in [6.45, 7) is 1.92. The Morgan fingerprint density at radius 1 is 0.250 bits per heavy atom. The van der Waals surface area contributed by atoms with Gasteiger partial charge in [-0.3, -0.25) is 0 Å². The van der Waals surface area contributed by atoms with Gasteiger partial charge in [-0.1, -0.05) is 233 Å². The third-order valence-electron chi connectivity index (χ3n) is 22.6. The average molecular weight is 2540 g/mol. The molecule has 0 saturated heterocycles. The second-order valence-electron chi connectivity index (χ2n) is 32.5. The first-order valence-electron chi connectivity index (χ1n) is 51.6. The number of aryl methyl sites for hydroxylation is 9. The van der Waals surface area contributed by atoms with E-state index in [0.717, 1.165) is 157 Å². The number of para-hydroxylation sites is 3. The third kappa shape index (κ3) is 26.0. The minimum Gasteiger partial charge on any atom is -0.476 e. The normalized spacial score (nSPS) is 12.7. The van der Waals surface area contributed by atoms with Gasteiger partial charge in [0.05, 0.1) is 16.7 Å². The second-order valence-corrected chi connectivity index (χ2v) is 32.5. The fourth-order valence-electron chi connectivity index (χ4n) is 15.2. The van der Waals surface area contributed by atoms with Crippen molar-refractivity contribution in [3.8, 4) is 101 Å². The predicted molar refractivity (Wildman–Crippen MR) is 555 cm³/mol. The summed E-state index contributed by atoms with van der Waals surface area (Å²) in [5, 5.41) is 6.51. The van der Waals surface area contributed by atoms with Gasteiger partial charge in [0, 0.05) is 151 Å². The first-order valence-corrected chi connectivity index (χ1v) is 44.1. The van der Waals surface area contributed by atoms with Crippen LogP contribution in [0.15, 0.2) is 390 Å². The molecule has 0 saturated carbocycles. The number of fused-ring (bicyclic) bond motifs is 12. The minimum absolute atomic E-state index is 0. The van der Waals surface area contributed by atoms with E-state index in [-0.39, 0.29) is 108 Å². The number of pyridine rings is 8. The Labute approximate surface area is 894 Å². The molecule has 0 atom stereocenters. The van der Waals surface area contributed by atoms with Gasteiger partial charge in [-0.05, 0) is 205 Å². The van der Waals surface area contributed by atoms with E-state index in [1.165, 1.54) is 75.5 Å². The monoisotopic (exact) mass is 2550 g/mol. The van der Waals surface area contributed by atoms with E-state index in [9.17, 15) is 0 Å². The summed E-state index contributed by atoms with van der Waals surface area (Å²) < 4.78 is 127. The van der Waals surface area contributed by atoms with Gasteiger partial charge in [0.2, 0.25) is 0 Å². The zero-order valence-electron chi connectivity index (χ0n) is 91.7. The fraction of sp³-hybridized carbons (Fsp3) is 0.104. The summed E-state index contributed by atoms with van der Waals surface area (Å²) in [6.07, 6.45) is 13.6. The summed E-state index contributed by atoms with van der Waals surface area (Å²) in [6, 6.07) is 129. The van der Waals surface area contributed by atoms with Crippen LogP contribution in [-0.4, -0.2) is 39.9 Å². The van der Waals surface area contributed by atoms with Crippen molar-refractivity contribution < 1.29 is 114 Å². The molecule has 11 nitrogen and oxygen atoms in total. The van der Waals surface area contributed by atoms with Crippen molar-refractivity contribution in [3.63, 3.8) is 0 Å². The van der Waals surface area contributed by atoms with Crippen LogP contribution in [0.3, 0.4) is 0 Å². The smallest absolute Gasteiger partial charge is 0.123 e. The summed E-state index contributed by atoms with van der Waals surface area (Å²) in [4.78, 5) is 34.2. The molecule has 1 aliphatic rings. The van der Waals surface area contributed by atoms with E-state index in [4.69, 9.17) is 33.8 Å². The van der Waals surface area contributed by atoms with Gasteiger partial charge in [-0.25, -0.2) is 0 Å². The van der Waals surface area contributed by atoms with Crippen LogP contribution in [0.25, 0.3) is 167 Å². The number of aromatic nitrogens is 8. The van der Waals surface area contributed by atoms with E-state index in [2.05, 4.69) is 196 Å². The van der Waals surface area contributed by atoms with Gasteiger partial charge >= 0.3 is 0 Å². The number of hydrogen-bond donors (Lipinski definition) is 0. The first-order chi connectivity index (χ1) is 72.5. The molecule has 23 aromatic rings. The molecule has 700 valence electrons. The standard InChI is InChI=1S/C20H16NO.C20H16N.C19H14NO.C18H12NO.4C12H10N.4Ir/c1-13(2)14-9-10-21-18(11-14)15-7-8-17-16-5-3-4-6-19(16)22-20(17)12-15;1-13-9-20(21-12-14(13)2)16-7-8-19-17(11-16)10-15-5-3-4-6-18(15)19;1-12-9-17(20-11-13(12)2)14-7-8-16-15-5-3-4-6-18(15)21-19(16)10-14;1-12-8-9-19-16(10-12)13-6-7-15-14-4-2-3-5-17(14)20-18(15)11-13;4*1-10-7-8-12(13-9-10)11-5-3-2-4-6-11;;;;/h3-6,8-13H,1-2H3;3-6,8-9,11-12H,10H2,1-2H3;3-6,8-11H,1-2H3;2-5,7-11H,1H3;4*2-5,7-9H,1H3;;;;/q8*-1;;;;/i;;2D3;;4*1D3;;;;. The summed E-state index contributed by atoms with van der Waals surface area (Å²) in [5.74, 6) is 0.483. The molecule has 140 heavy (non-hydrogen) atoms. The molecule has 11 heterocycles. The molecule has 15 heteroatoms. The molecule has 0 bridgehead atoms. The zero-order valence-corrected chi connectivity index (χ0v) is 86.3. The number of furan rings is 3. The Bertz CT molecular complexity index is 8270. The summed E-state index contributed by atoms with van der Waals surface area (Å²) >= 11 is 0. The molecular formula is C125H98Ir4N8O3-8. The molecule has 0 fully saturated rings. The van der Waals surface area contributed by atoms with Crippen molar-refractivity contribution in [3.05, 3.63) is 492 Å². The van der Waals surface area contributed by atoms with Crippen LogP contribution in [0.2, 0.25) is 0 Å².